The van der Waals surface area contributed by atoms with Crippen molar-refractivity contribution in [2.75, 3.05) is 49.5 Å². The predicted molar refractivity (Wildman–Crippen MR) is 204 cm³/mol. The third-order valence-electron chi connectivity index (χ3n) is 10.8. The number of hydrogen-bond donors (Lipinski definition) is 2. The average molecular weight is 796 g/mol. The Morgan fingerprint density at radius 3 is 2.25 bits per heavy atom. The van der Waals surface area contributed by atoms with Gasteiger partial charge in [-0.25, -0.2) is 23.2 Å². The number of benzene rings is 2. The minimum Gasteiger partial charge on any atom is -0.489 e. The quantitative estimate of drug-likeness (QED) is 0.188. The van der Waals surface area contributed by atoms with E-state index >= 15 is 0 Å². The van der Waals surface area contributed by atoms with E-state index in [0.717, 1.165) is 55.8 Å². The normalized spacial score (nSPS) is 18.8. The number of urea groups is 1. The van der Waals surface area contributed by atoms with Gasteiger partial charge < -0.3 is 14.8 Å². The summed E-state index contributed by atoms with van der Waals surface area (Å²) in [5.41, 5.74) is 2.18. The molecule has 15 nitrogen and oxygen atoms in total. The fourth-order valence-corrected chi connectivity index (χ4v) is 9.02. The number of likely N-dealkylation sites (tertiary alicyclic amines) is 1. The van der Waals surface area contributed by atoms with E-state index in [9.17, 15) is 26.8 Å². The Kier molecular flexibility index (Phi) is 11.7. The number of amides is 3. The van der Waals surface area contributed by atoms with E-state index in [1.807, 2.05) is 13.1 Å². The molecule has 3 aliphatic rings. The summed E-state index contributed by atoms with van der Waals surface area (Å²) in [5, 5.41) is 11.0. The van der Waals surface area contributed by atoms with Crippen LogP contribution in [-0.2, 0) is 21.9 Å². The van der Waals surface area contributed by atoms with Crippen LogP contribution in [0.25, 0.3) is 10.9 Å². The van der Waals surface area contributed by atoms with Crippen molar-refractivity contribution in [2.24, 2.45) is 13.0 Å². The summed E-state index contributed by atoms with van der Waals surface area (Å²) in [6.07, 6.45) is 5.49. The van der Waals surface area contributed by atoms with Gasteiger partial charge in [-0.2, -0.15) is 18.2 Å². The standard InChI is InChI=1S/C38H47F2N9O6S/c1-24(2)33(23-47-15-10-25(11-16-47)26-4-9-31-32(20-26)46(3)45-35(31)49-19-14-34(50)44-38(49)51)54-28-5-7-30(8-6-28)56(52,53)48-17-12-27(13-18-48)43-37-41-21-29(22-42-37)55-36(39)40/h4-9,20-22,24-25,27,33,36H,10-19,23H2,1-3H3,(H,41,42,43)(H,44,50,51)/t33-/m0/s1. The lowest BCUT2D eigenvalue weighted by atomic mass is 9.88. The van der Waals surface area contributed by atoms with E-state index in [0.29, 0.717) is 50.0 Å². The second-order valence-corrected chi connectivity index (χ2v) is 16.8. The first kappa shape index (κ1) is 39.3. The van der Waals surface area contributed by atoms with Gasteiger partial charge in [-0.15, -0.1) is 0 Å². The number of alkyl halides is 2. The maximum atomic E-state index is 13.5. The first-order valence-corrected chi connectivity index (χ1v) is 20.4. The van der Waals surface area contributed by atoms with E-state index < -0.39 is 22.7 Å². The molecular formula is C38H47F2N9O6S. The number of halogens is 2. The number of aromatic nitrogens is 4. The van der Waals surface area contributed by atoms with Crippen molar-refractivity contribution in [2.45, 2.75) is 75.5 Å². The molecule has 1 atom stereocenters. The van der Waals surface area contributed by atoms with Crippen molar-refractivity contribution >= 4 is 44.6 Å². The minimum atomic E-state index is -3.72. The van der Waals surface area contributed by atoms with Crippen LogP contribution in [0.15, 0.2) is 59.8 Å². The molecule has 2 aromatic heterocycles. The minimum absolute atomic E-state index is 0.0745. The van der Waals surface area contributed by atoms with E-state index in [1.165, 1.54) is 14.8 Å². The lowest BCUT2D eigenvalue weighted by Crippen LogP contribution is -2.49. The zero-order valence-electron chi connectivity index (χ0n) is 31.6. The number of fused-ring (bicyclic) bond motifs is 1. The summed E-state index contributed by atoms with van der Waals surface area (Å²) in [4.78, 5) is 36.3. The van der Waals surface area contributed by atoms with Crippen LogP contribution in [-0.4, -0.2) is 107 Å². The molecule has 0 spiro atoms. The van der Waals surface area contributed by atoms with Gasteiger partial charge in [0.15, 0.2) is 11.6 Å². The first-order chi connectivity index (χ1) is 26.8. The number of sulfonamides is 1. The number of carbonyl (C=O) groups excluding carboxylic acids is 2. The number of nitrogens with zero attached hydrogens (tertiary/aromatic N) is 7. The number of carbonyl (C=O) groups is 2. The van der Waals surface area contributed by atoms with Crippen LogP contribution in [0.5, 0.6) is 11.5 Å². The summed E-state index contributed by atoms with van der Waals surface area (Å²) in [6, 6.07) is 12.4. The lowest BCUT2D eigenvalue weighted by molar-refractivity contribution is -0.120. The fourth-order valence-electron chi connectivity index (χ4n) is 7.55. The van der Waals surface area contributed by atoms with Gasteiger partial charge in [-0.1, -0.05) is 19.9 Å². The molecule has 56 heavy (non-hydrogen) atoms. The molecule has 3 amide bonds. The molecule has 2 N–H and O–H groups in total. The Bertz CT molecular complexity index is 2120. The second-order valence-electron chi connectivity index (χ2n) is 14.9. The maximum absolute atomic E-state index is 13.5. The van der Waals surface area contributed by atoms with Gasteiger partial charge in [0.2, 0.25) is 21.9 Å². The predicted octanol–water partition coefficient (Wildman–Crippen LogP) is 4.96. The zero-order chi connectivity index (χ0) is 39.6. The molecule has 3 fully saturated rings. The highest BCUT2D eigenvalue weighted by molar-refractivity contribution is 7.89. The van der Waals surface area contributed by atoms with Gasteiger partial charge in [0.25, 0.3) is 0 Å². The van der Waals surface area contributed by atoms with Gasteiger partial charge in [0.05, 0.1) is 22.8 Å². The van der Waals surface area contributed by atoms with Crippen molar-refractivity contribution in [3.63, 3.8) is 0 Å². The summed E-state index contributed by atoms with van der Waals surface area (Å²) < 4.78 is 65.8. The van der Waals surface area contributed by atoms with Crippen LogP contribution in [0.4, 0.5) is 25.3 Å². The Morgan fingerprint density at radius 2 is 1.61 bits per heavy atom. The molecule has 0 saturated carbocycles. The number of rotatable bonds is 13. The van der Waals surface area contributed by atoms with Crippen LogP contribution in [0.2, 0.25) is 0 Å². The summed E-state index contributed by atoms with van der Waals surface area (Å²) >= 11 is 0. The summed E-state index contributed by atoms with van der Waals surface area (Å²) in [7, 11) is -1.85. The number of piperidine rings is 2. The lowest BCUT2D eigenvalue weighted by Gasteiger charge is -2.35. The molecule has 18 heteroatoms. The number of hydrogen-bond acceptors (Lipinski definition) is 11. The summed E-state index contributed by atoms with van der Waals surface area (Å²) in [6.45, 7) is 4.77. The topological polar surface area (TPSA) is 164 Å². The Hall–Kier alpha value is -4.94. The molecule has 7 rings (SSSR count). The molecule has 3 saturated heterocycles. The number of ether oxygens (including phenoxy) is 2. The monoisotopic (exact) mass is 795 g/mol. The fraction of sp³-hybridized carbons (Fsp3) is 0.500. The SMILES string of the molecule is CC(C)[C@H](CN1CCC(c2ccc3c(N4CCC(=O)NC4=O)nn(C)c3c2)CC1)Oc1ccc(S(=O)(=O)N2CCC(Nc3ncc(OC(F)F)cn3)CC2)cc1. The molecule has 0 aliphatic carbocycles. The molecule has 0 radical (unpaired) electrons. The molecule has 3 aliphatic heterocycles. The van der Waals surface area contributed by atoms with Crippen molar-refractivity contribution < 1.29 is 36.3 Å². The maximum Gasteiger partial charge on any atom is 0.387 e. The molecule has 2 aromatic carbocycles. The smallest absolute Gasteiger partial charge is 0.387 e. The molecule has 300 valence electrons. The first-order valence-electron chi connectivity index (χ1n) is 18.9. The van der Waals surface area contributed by atoms with E-state index in [2.05, 4.69) is 61.3 Å². The van der Waals surface area contributed by atoms with Gasteiger partial charge in [0.1, 0.15) is 11.9 Å². The van der Waals surface area contributed by atoms with E-state index in [1.54, 1.807) is 28.9 Å². The number of imide groups is 1. The van der Waals surface area contributed by atoms with Crippen molar-refractivity contribution in [1.29, 1.82) is 0 Å². The zero-order valence-corrected chi connectivity index (χ0v) is 32.4. The second kappa shape index (κ2) is 16.7. The van der Waals surface area contributed by atoms with E-state index in [4.69, 9.17) is 4.74 Å². The Morgan fingerprint density at radius 1 is 0.911 bits per heavy atom. The molecule has 0 bridgehead atoms. The molecule has 0 unspecified atom stereocenters. The van der Waals surface area contributed by atoms with Gasteiger partial charge in [-0.05, 0) is 92.6 Å². The van der Waals surface area contributed by atoms with Crippen LogP contribution in [0, 0.1) is 5.92 Å². The number of anilines is 2. The third-order valence-corrected chi connectivity index (χ3v) is 12.7. The van der Waals surface area contributed by atoms with Crippen LogP contribution >= 0.6 is 0 Å². The van der Waals surface area contributed by atoms with Gasteiger partial charge in [0, 0.05) is 51.1 Å². The Labute approximate surface area is 324 Å². The van der Waals surface area contributed by atoms with Crippen LogP contribution < -0.4 is 25.0 Å². The van der Waals surface area contributed by atoms with E-state index in [-0.39, 0.29) is 47.0 Å². The van der Waals surface area contributed by atoms with Gasteiger partial charge in [-0.3, -0.25) is 24.6 Å². The number of aryl methyl sites for hydroxylation is 1. The van der Waals surface area contributed by atoms with Crippen molar-refractivity contribution in [3.8, 4) is 11.5 Å². The summed E-state index contributed by atoms with van der Waals surface area (Å²) in [5.74, 6) is 1.62. The highest BCUT2D eigenvalue weighted by Gasteiger charge is 2.32. The highest BCUT2D eigenvalue weighted by Crippen LogP contribution is 2.34. The van der Waals surface area contributed by atoms with Crippen molar-refractivity contribution in [1.82, 2.24) is 34.3 Å². The largest absolute Gasteiger partial charge is 0.489 e. The van der Waals surface area contributed by atoms with Gasteiger partial charge >= 0.3 is 12.6 Å². The highest BCUT2D eigenvalue weighted by atomic mass is 32.2. The number of nitrogens with one attached hydrogen (secondary N) is 2. The van der Waals surface area contributed by atoms with Crippen LogP contribution in [0.3, 0.4) is 0 Å². The Balaban J connectivity index is 0.898. The van der Waals surface area contributed by atoms with Crippen LogP contribution in [0.1, 0.15) is 57.4 Å². The molecular weight excluding hydrogens is 749 g/mol. The van der Waals surface area contributed by atoms with Crippen molar-refractivity contribution in [3.05, 3.63) is 60.4 Å². The average Bonchev–Trinajstić information content (AvgIpc) is 3.50. The molecule has 4 aromatic rings. The third kappa shape index (κ3) is 8.86. The molecule has 5 heterocycles.